The Kier molecular flexibility index (Phi) is 8.80. The molecule has 8 nitrogen and oxygen atoms in total. The second-order valence-electron chi connectivity index (χ2n) is 9.68. The summed E-state index contributed by atoms with van der Waals surface area (Å²) in [5.41, 5.74) is 0.346. The van der Waals surface area contributed by atoms with Crippen LogP contribution in [-0.2, 0) is 14.8 Å². The van der Waals surface area contributed by atoms with E-state index in [0.717, 1.165) is 36.9 Å². The van der Waals surface area contributed by atoms with E-state index in [4.69, 9.17) is 4.52 Å². The molecule has 2 aliphatic heterocycles. The molecule has 1 amide bonds. The molecular weight excluding hydrogens is 484 g/mol. The number of piperidine rings is 2. The van der Waals surface area contributed by atoms with E-state index >= 15 is 0 Å². The van der Waals surface area contributed by atoms with Crippen molar-refractivity contribution in [2.24, 2.45) is 11.8 Å². The molecule has 35 heavy (non-hydrogen) atoms. The molecule has 0 unspecified atom stereocenters. The SMILES string of the molecule is Cc1noc(/C=C/c2cccs2)c1S(=O)(=O)N1CCC(C(=O)NCCCN2CCC[C@H](C)C2)CC1. The summed E-state index contributed by atoms with van der Waals surface area (Å²) < 4.78 is 33.6. The number of rotatable bonds is 9. The first-order valence-corrected chi connectivity index (χ1v) is 14.8. The maximum atomic E-state index is 13.4. The highest BCUT2D eigenvalue weighted by molar-refractivity contribution is 7.89. The average molecular weight is 521 g/mol. The Hall–Kier alpha value is -2.01. The first-order chi connectivity index (χ1) is 16.8. The largest absolute Gasteiger partial charge is 0.356 e. The minimum absolute atomic E-state index is 0.0368. The fourth-order valence-corrected chi connectivity index (χ4v) is 7.32. The monoisotopic (exact) mass is 520 g/mol. The van der Waals surface area contributed by atoms with Gasteiger partial charge in [0.05, 0.1) is 0 Å². The van der Waals surface area contributed by atoms with Crippen molar-refractivity contribution in [1.82, 2.24) is 19.7 Å². The van der Waals surface area contributed by atoms with Gasteiger partial charge in [-0.3, -0.25) is 4.79 Å². The molecule has 0 aromatic carbocycles. The van der Waals surface area contributed by atoms with E-state index in [9.17, 15) is 13.2 Å². The van der Waals surface area contributed by atoms with E-state index in [-0.39, 0.29) is 22.5 Å². The smallest absolute Gasteiger partial charge is 0.248 e. The molecule has 4 rings (SSSR count). The van der Waals surface area contributed by atoms with Crippen molar-refractivity contribution in [3.05, 3.63) is 33.8 Å². The number of thiophene rings is 1. The molecule has 2 fully saturated rings. The highest BCUT2D eigenvalue weighted by atomic mass is 32.2. The van der Waals surface area contributed by atoms with Gasteiger partial charge in [0.15, 0.2) is 10.7 Å². The topological polar surface area (TPSA) is 95.8 Å². The molecule has 2 aromatic heterocycles. The van der Waals surface area contributed by atoms with Crippen LogP contribution in [0, 0.1) is 18.8 Å². The molecule has 0 bridgehead atoms. The highest BCUT2D eigenvalue weighted by Crippen LogP contribution is 2.29. The summed E-state index contributed by atoms with van der Waals surface area (Å²) in [4.78, 5) is 16.3. The molecule has 1 atom stereocenters. The lowest BCUT2D eigenvalue weighted by Crippen LogP contribution is -2.43. The van der Waals surface area contributed by atoms with Crippen LogP contribution in [0.5, 0.6) is 0 Å². The fourth-order valence-electron chi connectivity index (χ4n) is 4.98. The lowest BCUT2D eigenvalue weighted by Gasteiger charge is -2.31. The summed E-state index contributed by atoms with van der Waals surface area (Å²) >= 11 is 1.56. The number of amides is 1. The summed E-state index contributed by atoms with van der Waals surface area (Å²) in [6.07, 6.45) is 8.02. The maximum Gasteiger partial charge on any atom is 0.248 e. The Morgan fingerprint density at radius 3 is 2.77 bits per heavy atom. The van der Waals surface area contributed by atoms with Gasteiger partial charge in [0.1, 0.15) is 5.69 Å². The van der Waals surface area contributed by atoms with Crippen molar-refractivity contribution >= 4 is 39.4 Å². The van der Waals surface area contributed by atoms with Crippen molar-refractivity contribution < 1.29 is 17.7 Å². The second kappa shape index (κ2) is 11.8. The fraction of sp³-hybridized carbons (Fsp3) is 0.600. The van der Waals surface area contributed by atoms with Crippen molar-refractivity contribution in [3.63, 3.8) is 0 Å². The van der Waals surface area contributed by atoms with Gasteiger partial charge in [-0.2, -0.15) is 4.31 Å². The summed E-state index contributed by atoms with van der Waals surface area (Å²) in [7, 11) is -3.77. The molecule has 10 heteroatoms. The van der Waals surface area contributed by atoms with Gasteiger partial charge in [0.25, 0.3) is 0 Å². The van der Waals surface area contributed by atoms with Gasteiger partial charge in [-0.25, -0.2) is 8.42 Å². The summed E-state index contributed by atoms with van der Waals surface area (Å²) in [5, 5.41) is 8.93. The van der Waals surface area contributed by atoms with E-state index in [1.807, 2.05) is 23.6 Å². The number of sulfonamides is 1. The number of nitrogens with one attached hydrogen (secondary N) is 1. The standard InChI is InChI=1S/C25H36N4O4S2/c1-19-6-3-13-28(18-19)14-5-12-26-25(30)21-10-15-29(16-11-21)35(31,32)24-20(2)27-33-23(24)9-8-22-7-4-17-34-22/h4,7-9,17,19,21H,3,5-6,10-16,18H2,1-2H3,(H,26,30)/b9-8+/t19-/m0/s1. The summed E-state index contributed by atoms with van der Waals surface area (Å²) in [5.74, 6) is 0.876. The predicted molar refractivity (Wildman–Crippen MR) is 138 cm³/mol. The molecular formula is C25H36N4O4S2. The Labute approximate surface area is 212 Å². The molecule has 4 heterocycles. The van der Waals surface area contributed by atoms with Gasteiger partial charge in [-0.1, -0.05) is 18.1 Å². The van der Waals surface area contributed by atoms with Crippen LogP contribution >= 0.6 is 11.3 Å². The van der Waals surface area contributed by atoms with Gasteiger partial charge in [0.2, 0.25) is 15.9 Å². The van der Waals surface area contributed by atoms with E-state index in [1.165, 1.54) is 17.1 Å². The second-order valence-corrected chi connectivity index (χ2v) is 12.5. The number of hydrogen-bond donors (Lipinski definition) is 1. The Balaban J connectivity index is 1.27. The first kappa shape index (κ1) is 26.1. The number of nitrogens with zero attached hydrogens (tertiary/aromatic N) is 3. The number of aryl methyl sites for hydroxylation is 1. The lowest BCUT2D eigenvalue weighted by molar-refractivity contribution is -0.126. The van der Waals surface area contributed by atoms with E-state index in [0.29, 0.717) is 38.2 Å². The van der Waals surface area contributed by atoms with E-state index < -0.39 is 10.0 Å². The van der Waals surface area contributed by atoms with Crippen LogP contribution in [0.2, 0.25) is 0 Å². The zero-order valence-electron chi connectivity index (χ0n) is 20.6. The Morgan fingerprint density at radius 1 is 1.26 bits per heavy atom. The summed E-state index contributed by atoms with van der Waals surface area (Å²) in [6, 6.07) is 3.88. The minimum atomic E-state index is -3.77. The van der Waals surface area contributed by atoms with E-state index in [2.05, 4.69) is 22.3 Å². The highest BCUT2D eigenvalue weighted by Gasteiger charge is 2.35. The molecule has 2 saturated heterocycles. The van der Waals surface area contributed by atoms with Crippen LogP contribution in [0.25, 0.3) is 12.2 Å². The van der Waals surface area contributed by atoms with Gasteiger partial charge >= 0.3 is 0 Å². The third kappa shape index (κ3) is 6.61. The first-order valence-electron chi connectivity index (χ1n) is 12.5. The predicted octanol–water partition coefficient (Wildman–Crippen LogP) is 3.85. The lowest BCUT2D eigenvalue weighted by atomic mass is 9.97. The molecule has 1 N–H and O–H groups in total. The number of hydrogen-bond acceptors (Lipinski definition) is 7. The third-order valence-electron chi connectivity index (χ3n) is 6.89. The van der Waals surface area contributed by atoms with Crippen LogP contribution in [0.4, 0.5) is 0 Å². The van der Waals surface area contributed by atoms with Crippen LogP contribution in [0.3, 0.4) is 0 Å². The van der Waals surface area contributed by atoms with Gasteiger partial charge in [-0.05, 0) is 81.6 Å². The molecule has 192 valence electrons. The van der Waals surface area contributed by atoms with Crippen molar-refractivity contribution in [1.29, 1.82) is 0 Å². The quantitative estimate of drug-likeness (QED) is 0.505. The summed E-state index contributed by atoms with van der Waals surface area (Å²) in [6.45, 7) is 8.55. The molecule has 2 aromatic rings. The Morgan fingerprint density at radius 2 is 2.06 bits per heavy atom. The molecule has 0 saturated carbocycles. The molecule has 0 aliphatic carbocycles. The number of likely N-dealkylation sites (tertiary alicyclic amines) is 1. The Bertz CT molecular complexity index is 1100. The molecule has 2 aliphatic rings. The zero-order valence-corrected chi connectivity index (χ0v) is 22.2. The van der Waals surface area contributed by atoms with Crippen molar-refractivity contribution in [2.75, 3.05) is 39.3 Å². The normalized spacial score (nSPS) is 21.0. The van der Waals surface area contributed by atoms with Crippen LogP contribution in [0.15, 0.2) is 26.9 Å². The molecule has 0 radical (unpaired) electrons. The molecule has 0 spiro atoms. The van der Waals surface area contributed by atoms with Crippen molar-refractivity contribution in [3.8, 4) is 0 Å². The van der Waals surface area contributed by atoms with Gasteiger partial charge in [0, 0.05) is 37.0 Å². The number of carbonyl (C=O) groups is 1. The van der Waals surface area contributed by atoms with Gasteiger partial charge in [-0.15, -0.1) is 11.3 Å². The van der Waals surface area contributed by atoms with Crippen molar-refractivity contribution in [2.45, 2.75) is 50.8 Å². The van der Waals surface area contributed by atoms with Gasteiger partial charge < -0.3 is 14.7 Å². The third-order valence-corrected chi connectivity index (χ3v) is 9.78. The number of aromatic nitrogens is 1. The average Bonchev–Trinajstić information content (AvgIpc) is 3.50. The van der Waals surface area contributed by atoms with E-state index in [1.54, 1.807) is 24.3 Å². The van der Waals surface area contributed by atoms with Crippen LogP contribution < -0.4 is 5.32 Å². The van der Waals surface area contributed by atoms with Crippen LogP contribution in [0.1, 0.15) is 55.4 Å². The maximum absolute atomic E-state index is 13.4. The van der Waals surface area contributed by atoms with Crippen LogP contribution in [-0.4, -0.2) is 68.0 Å². The minimum Gasteiger partial charge on any atom is -0.356 e. The zero-order chi connectivity index (χ0) is 24.8. The number of carbonyl (C=O) groups excluding carboxylic acids is 1.